The summed E-state index contributed by atoms with van der Waals surface area (Å²) in [5.41, 5.74) is 2.11. The zero-order valence-electron chi connectivity index (χ0n) is 13.4. The van der Waals surface area contributed by atoms with E-state index >= 15 is 0 Å². The highest BCUT2D eigenvalue weighted by Crippen LogP contribution is 2.18. The van der Waals surface area contributed by atoms with Gasteiger partial charge in [-0.2, -0.15) is 0 Å². The fourth-order valence-electron chi connectivity index (χ4n) is 2.38. The Morgan fingerprint density at radius 1 is 1.09 bits per heavy atom. The maximum atomic E-state index is 12.4. The molecule has 0 radical (unpaired) electrons. The molecule has 1 amide bonds. The number of aliphatic hydroxyl groups is 1. The van der Waals surface area contributed by atoms with Crippen molar-refractivity contribution in [3.05, 3.63) is 65.7 Å². The van der Waals surface area contributed by atoms with E-state index in [0.717, 1.165) is 23.3 Å². The van der Waals surface area contributed by atoms with Crippen molar-refractivity contribution >= 4 is 5.91 Å². The van der Waals surface area contributed by atoms with Crippen LogP contribution in [0.1, 0.15) is 18.1 Å². The number of para-hydroxylation sites is 1. The van der Waals surface area contributed by atoms with Gasteiger partial charge in [0.2, 0.25) is 0 Å². The molecule has 0 heterocycles. The third kappa shape index (κ3) is 5.11. The molecule has 0 atom stereocenters. The molecule has 0 bridgehead atoms. The smallest absolute Gasteiger partial charge is 0.260 e. The summed E-state index contributed by atoms with van der Waals surface area (Å²) in [4.78, 5) is 14.0. The zero-order chi connectivity index (χ0) is 16.5. The molecule has 0 aliphatic rings. The Bertz CT molecular complexity index is 613. The van der Waals surface area contributed by atoms with Crippen LogP contribution in [0.25, 0.3) is 0 Å². The molecule has 0 spiro atoms. The monoisotopic (exact) mass is 313 g/mol. The SMILES string of the molecule is CCc1ccccc1OCC(=O)N(CCO)Cc1ccccc1. The number of carbonyl (C=O) groups excluding carboxylic acids is 1. The van der Waals surface area contributed by atoms with Crippen LogP contribution in [0, 0.1) is 0 Å². The number of amides is 1. The second-order valence-electron chi connectivity index (χ2n) is 5.27. The fourth-order valence-corrected chi connectivity index (χ4v) is 2.38. The lowest BCUT2D eigenvalue weighted by atomic mass is 10.1. The average Bonchev–Trinajstić information content (AvgIpc) is 2.60. The fraction of sp³-hybridized carbons (Fsp3) is 0.316. The van der Waals surface area contributed by atoms with Crippen LogP contribution in [-0.4, -0.2) is 35.7 Å². The highest BCUT2D eigenvalue weighted by molar-refractivity contribution is 5.77. The van der Waals surface area contributed by atoms with Crippen molar-refractivity contribution in [3.8, 4) is 5.75 Å². The normalized spacial score (nSPS) is 10.3. The molecule has 0 saturated heterocycles. The summed E-state index contributed by atoms with van der Waals surface area (Å²) < 4.78 is 5.68. The van der Waals surface area contributed by atoms with Gasteiger partial charge in [-0.05, 0) is 23.6 Å². The molecule has 0 fully saturated rings. The number of nitrogens with zero attached hydrogens (tertiary/aromatic N) is 1. The van der Waals surface area contributed by atoms with E-state index in [9.17, 15) is 9.90 Å². The Balaban J connectivity index is 1.98. The number of ether oxygens (including phenoxy) is 1. The van der Waals surface area contributed by atoms with Crippen LogP contribution < -0.4 is 4.74 Å². The largest absolute Gasteiger partial charge is 0.483 e. The molecular formula is C19H23NO3. The molecule has 122 valence electrons. The number of rotatable bonds is 8. The molecule has 2 aromatic rings. The minimum atomic E-state index is -0.131. The van der Waals surface area contributed by atoms with E-state index in [1.807, 2.05) is 54.6 Å². The summed E-state index contributed by atoms with van der Waals surface area (Å²) in [6.07, 6.45) is 0.856. The Morgan fingerprint density at radius 3 is 2.48 bits per heavy atom. The first-order valence-corrected chi connectivity index (χ1v) is 7.88. The quantitative estimate of drug-likeness (QED) is 0.815. The maximum absolute atomic E-state index is 12.4. The van der Waals surface area contributed by atoms with Gasteiger partial charge in [0, 0.05) is 13.1 Å². The van der Waals surface area contributed by atoms with Gasteiger partial charge in [0.1, 0.15) is 5.75 Å². The highest BCUT2D eigenvalue weighted by Gasteiger charge is 2.15. The summed E-state index contributed by atoms with van der Waals surface area (Å²) in [6, 6.07) is 17.5. The van der Waals surface area contributed by atoms with Crippen molar-refractivity contribution in [2.75, 3.05) is 19.8 Å². The lowest BCUT2D eigenvalue weighted by Crippen LogP contribution is -2.36. The van der Waals surface area contributed by atoms with Gasteiger partial charge in [-0.3, -0.25) is 4.79 Å². The van der Waals surface area contributed by atoms with Crippen molar-refractivity contribution in [3.63, 3.8) is 0 Å². The van der Waals surface area contributed by atoms with Crippen LogP contribution in [0.3, 0.4) is 0 Å². The summed E-state index contributed by atoms with van der Waals surface area (Å²) in [5.74, 6) is 0.612. The third-order valence-corrected chi connectivity index (χ3v) is 3.64. The van der Waals surface area contributed by atoms with Crippen molar-refractivity contribution in [2.24, 2.45) is 0 Å². The van der Waals surface area contributed by atoms with Gasteiger partial charge in [-0.25, -0.2) is 0 Å². The third-order valence-electron chi connectivity index (χ3n) is 3.64. The molecule has 2 aromatic carbocycles. The van der Waals surface area contributed by atoms with Crippen LogP contribution in [0.15, 0.2) is 54.6 Å². The van der Waals surface area contributed by atoms with Crippen molar-refractivity contribution in [1.82, 2.24) is 4.90 Å². The Kier molecular flexibility index (Phi) is 6.63. The van der Waals surface area contributed by atoms with E-state index in [1.165, 1.54) is 0 Å². The summed E-state index contributed by atoms with van der Waals surface area (Å²) in [5, 5.41) is 9.20. The van der Waals surface area contributed by atoms with Crippen LogP contribution in [0.4, 0.5) is 0 Å². The predicted octanol–water partition coefficient (Wildman–Crippen LogP) is 2.65. The molecular weight excluding hydrogens is 290 g/mol. The number of benzene rings is 2. The minimum Gasteiger partial charge on any atom is -0.483 e. The molecule has 4 nitrogen and oxygen atoms in total. The number of hydrogen-bond donors (Lipinski definition) is 1. The Hall–Kier alpha value is -2.33. The van der Waals surface area contributed by atoms with E-state index in [-0.39, 0.29) is 19.1 Å². The maximum Gasteiger partial charge on any atom is 0.260 e. The van der Waals surface area contributed by atoms with Gasteiger partial charge in [-0.15, -0.1) is 0 Å². The van der Waals surface area contributed by atoms with Gasteiger partial charge >= 0.3 is 0 Å². The lowest BCUT2D eigenvalue weighted by molar-refractivity contribution is -0.134. The van der Waals surface area contributed by atoms with E-state index in [0.29, 0.717) is 13.1 Å². The molecule has 0 aliphatic heterocycles. The first kappa shape index (κ1) is 17.0. The van der Waals surface area contributed by atoms with Gasteiger partial charge in [-0.1, -0.05) is 55.5 Å². The minimum absolute atomic E-state index is 0.0240. The zero-order valence-corrected chi connectivity index (χ0v) is 13.4. The number of carbonyl (C=O) groups is 1. The number of aryl methyl sites for hydroxylation is 1. The highest BCUT2D eigenvalue weighted by atomic mass is 16.5. The van der Waals surface area contributed by atoms with Crippen LogP contribution in [0.5, 0.6) is 5.75 Å². The molecule has 0 aromatic heterocycles. The van der Waals surface area contributed by atoms with Crippen molar-refractivity contribution in [2.45, 2.75) is 19.9 Å². The second kappa shape index (κ2) is 8.96. The first-order chi connectivity index (χ1) is 11.2. The van der Waals surface area contributed by atoms with Gasteiger partial charge in [0.15, 0.2) is 6.61 Å². The van der Waals surface area contributed by atoms with Gasteiger partial charge in [0.25, 0.3) is 5.91 Å². The standard InChI is InChI=1S/C19H23NO3/c1-2-17-10-6-7-11-18(17)23-15-19(22)20(12-13-21)14-16-8-4-3-5-9-16/h3-11,21H,2,12-15H2,1H3. The Labute approximate surface area is 137 Å². The van der Waals surface area contributed by atoms with E-state index in [4.69, 9.17) is 4.74 Å². The van der Waals surface area contributed by atoms with Crippen molar-refractivity contribution in [1.29, 1.82) is 0 Å². The molecule has 0 aliphatic carbocycles. The molecule has 0 unspecified atom stereocenters. The molecule has 4 heteroatoms. The van der Waals surface area contributed by atoms with E-state index in [1.54, 1.807) is 4.90 Å². The molecule has 1 N–H and O–H groups in total. The molecule has 2 rings (SSSR count). The van der Waals surface area contributed by atoms with Crippen molar-refractivity contribution < 1.29 is 14.6 Å². The van der Waals surface area contributed by atoms with E-state index in [2.05, 4.69) is 6.92 Å². The average molecular weight is 313 g/mol. The topological polar surface area (TPSA) is 49.8 Å². The summed E-state index contributed by atoms with van der Waals surface area (Å²) >= 11 is 0. The van der Waals surface area contributed by atoms with E-state index < -0.39 is 0 Å². The summed E-state index contributed by atoms with van der Waals surface area (Å²) in [6.45, 7) is 2.73. The predicted molar refractivity (Wildman–Crippen MR) is 90.3 cm³/mol. The summed E-state index contributed by atoms with van der Waals surface area (Å²) in [7, 11) is 0. The number of aliphatic hydroxyl groups excluding tert-OH is 1. The Morgan fingerprint density at radius 2 is 1.78 bits per heavy atom. The van der Waals surface area contributed by atoms with Gasteiger partial charge < -0.3 is 14.7 Å². The van der Waals surface area contributed by atoms with Crippen LogP contribution in [-0.2, 0) is 17.8 Å². The van der Waals surface area contributed by atoms with Crippen LogP contribution >= 0.6 is 0 Å². The second-order valence-corrected chi connectivity index (χ2v) is 5.27. The number of hydrogen-bond acceptors (Lipinski definition) is 3. The lowest BCUT2D eigenvalue weighted by Gasteiger charge is -2.22. The van der Waals surface area contributed by atoms with Gasteiger partial charge in [0.05, 0.1) is 6.61 Å². The molecule has 23 heavy (non-hydrogen) atoms. The molecule has 0 saturated carbocycles. The first-order valence-electron chi connectivity index (χ1n) is 7.88. The van der Waals surface area contributed by atoms with Crippen LogP contribution in [0.2, 0.25) is 0 Å².